The molecule has 0 heterocycles. The standard InChI is InChI=1S/C19H20N2O4/c1-2-16(22)20-12-13-8-10-15(11-9-13)18(23)21-17(19(24)25)14-6-4-3-5-7-14/h3-11,17H,2,12H2,1H3,(H,20,22)(H,21,23)(H,24,25). The van der Waals surface area contributed by atoms with Crippen LogP contribution in [0.4, 0.5) is 0 Å². The van der Waals surface area contributed by atoms with Crippen LogP contribution >= 0.6 is 0 Å². The van der Waals surface area contributed by atoms with Gasteiger partial charge >= 0.3 is 5.97 Å². The van der Waals surface area contributed by atoms with Crippen molar-refractivity contribution in [3.63, 3.8) is 0 Å². The van der Waals surface area contributed by atoms with Crippen molar-refractivity contribution in [3.8, 4) is 0 Å². The largest absolute Gasteiger partial charge is 0.479 e. The zero-order valence-electron chi connectivity index (χ0n) is 13.9. The lowest BCUT2D eigenvalue weighted by Gasteiger charge is -2.15. The summed E-state index contributed by atoms with van der Waals surface area (Å²) in [6.07, 6.45) is 0.413. The van der Waals surface area contributed by atoms with Crippen LogP contribution in [-0.2, 0) is 16.1 Å². The molecule has 6 nitrogen and oxygen atoms in total. The van der Waals surface area contributed by atoms with Gasteiger partial charge in [-0.3, -0.25) is 9.59 Å². The van der Waals surface area contributed by atoms with Gasteiger partial charge in [0, 0.05) is 18.5 Å². The van der Waals surface area contributed by atoms with E-state index < -0.39 is 17.9 Å². The number of carboxylic acid groups (broad SMARTS) is 1. The monoisotopic (exact) mass is 340 g/mol. The molecule has 130 valence electrons. The summed E-state index contributed by atoms with van der Waals surface area (Å²) in [4.78, 5) is 35.0. The molecule has 0 aliphatic heterocycles. The number of aliphatic carboxylic acids is 1. The van der Waals surface area contributed by atoms with Crippen LogP contribution in [0.2, 0.25) is 0 Å². The predicted molar refractivity (Wildman–Crippen MR) is 92.9 cm³/mol. The Labute approximate surface area is 145 Å². The molecular formula is C19H20N2O4. The molecule has 0 aliphatic carbocycles. The molecular weight excluding hydrogens is 320 g/mol. The summed E-state index contributed by atoms with van der Waals surface area (Å²) in [5, 5.41) is 14.6. The summed E-state index contributed by atoms with van der Waals surface area (Å²) in [6.45, 7) is 2.16. The van der Waals surface area contributed by atoms with Gasteiger partial charge in [-0.15, -0.1) is 0 Å². The molecule has 25 heavy (non-hydrogen) atoms. The topological polar surface area (TPSA) is 95.5 Å². The van der Waals surface area contributed by atoms with E-state index in [4.69, 9.17) is 0 Å². The zero-order valence-corrected chi connectivity index (χ0v) is 13.9. The minimum Gasteiger partial charge on any atom is -0.479 e. The number of hydrogen-bond acceptors (Lipinski definition) is 3. The minimum absolute atomic E-state index is 0.0472. The Morgan fingerprint density at radius 2 is 1.64 bits per heavy atom. The SMILES string of the molecule is CCC(=O)NCc1ccc(C(=O)NC(C(=O)O)c2ccccc2)cc1. The maximum atomic E-state index is 12.3. The third kappa shape index (κ3) is 5.17. The molecule has 1 unspecified atom stereocenters. The van der Waals surface area contributed by atoms with Crippen LogP contribution in [0.5, 0.6) is 0 Å². The normalized spacial score (nSPS) is 11.4. The first kappa shape index (κ1) is 18.2. The van der Waals surface area contributed by atoms with Crippen LogP contribution in [0.25, 0.3) is 0 Å². The van der Waals surface area contributed by atoms with Crippen molar-refractivity contribution in [2.75, 3.05) is 0 Å². The Morgan fingerprint density at radius 1 is 1.00 bits per heavy atom. The van der Waals surface area contributed by atoms with E-state index in [-0.39, 0.29) is 5.91 Å². The highest BCUT2D eigenvalue weighted by Crippen LogP contribution is 2.14. The van der Waals surface area contributed by atoms with Crippen LogP contribution in [-0.4, -0.2) is 22.9 Å². The van der Waals surface area contributed by atoms with Gasteiger partial charge in [-0.05, 0) is 23.3 Å². The summed E-state index contributed by atoms with van der Waals surface area (Å²) in [5.41, 5.74) is 1.71. The molecule has 3 N–H and O–H groups in total. The van der Waals surface area contributed by atoms with E-state index in [1.807, 2.05) is 0 Å². The van der Waals surface area contributed by atoms with Gasteiger partial charge in [0.25, 0.3) is 5.91 Å². The molecule has 0 fully saturated rings. The van der Waals surface area contributed by atoms with Gasteiger partial charge in [0.2, 0.25) is 5.91 Å². The van der Waals surface area contributed by atoms with Gasteiger partial charge in [-0.1, -0.05) is 49.4 Å². The first-order valence-corrected chi connectivity index (χ1v) is 7.95. The van der Waals surface area contributed by atoms with E-state index in [0.717, 1.165) is 5.56 Å². The average Bonchev–Trinajstić information content (AvgIpc) is 2.64. The van der Waals surface area contributed by atoms with Gasteiger partial charge in [0.15, 0.2) is 6.04 Å². The molecule has 0 bridgehead atoms. The van der Waals surface area contributed by atoms with Gasteiger partial charge in [-0.2, -0.15) is 0 Å². The fraction of sp³-hybridized carbons (Fsp3) is 0.211. The fourth-order valence-corrected chi connectivity index (χ4v) is 2.25. The van der Waals surface area contributed by atoms with E-state index in [2.05, 4.69) is 10.6 Å². The Morgan fingerprint density at radius 3 is 2.20 bits per heavy atom. The van der Waals surface area contributed by atoms with Crippen molar-refractivity contribution in [1.82, 2.24) is 10.6 Å². The molecule has 2 amide bonds. The molecule has 0 saturated carbocycles. The number of benzene rings is 2. The Hall–Kier alpha value is -3.15. The van der Waals surface area contributed by atoms with Crippen molar-refractivity contribution in [2.24, 2.45) is 0 Å². The van der Waals surface area contributed by atoms with Crippen molar-refractivity contribution in [2.45, 2.75) is 25.9 Å². The highest BCUT2D eigenvalue weighted by molar-refractivity contribution is 5.96. The molecule has 6 heteroatoms. The third-order valence-corrected chi connectivity index (χ3v) is 3.68. The second kappa shape index (κ2) is 8.63. The van der Waals surface area contributed by atoms with Crippen molar-refractivity contribution >= 4 is 17.8 Å². The van der Waals surface area contributed by atoms with Crippen LogP contribution in [0.3, 0.4) is 0 Å². The van der Waals surface area contributed by atoms with Crippen LogP contribution < -0.4 is 10.6 Å². The lowest BCUT2D eigenvalue weighted by Crippen LogP contribution is -2.33. The maximum Gasteiger partial charge on any atom is 0.330 e. The Balaban J connectivity index is 2.04. The lowest BCUT2D eigenvalue weighted by atomic mass is 10.1. The molecule has 1 atom stereocenters. The van der Waals surface area contributed by atoms with Gasteiger partial charge < -0.3 is 15.7 Å². The highest BCUT2D eigenvalue weighted by Gasteiger charge is 2.22. The summed E-state index contributed by atoms with van der Waals surface area (Å²) in [6, 6.07) is 14.1. The highest BCUT2D eigenvalue weighted by atomic mass is 16.4. The minimum atomic E-state index is -1.13. The number of carbonyl (C=O) groups is 3. The smallest absolute Gasteiger partial charge is 0.330 e. The number of nitrogens with one attached hydrogen (secondary N) is 2. The average molecular weight is 340 g/mol. The zero-order chi connectivity index (χ0) is 18.2. The molecule has 2 aromatic rings. The van der Waals surface area contributed by atoms with E-state index >= 15 is 0 Å². The van der Waals surface area contributed by atoms with Gasteiger partial charge in [0.05, 0.1) is 0 Å². The summed E-state index contributed by atoms with van der Waals surface area (Å²) < 4.78 is 0. The number of amides is 2. The lowest BCUT2D eigenvalue weighted by molar-refractivity contribution is -0.139. The van der Waals surface area contributed by atoms with E-state index in [1.165, 1.54) is 0 Å². The first-order chi connectivity index (χ1) is 12.0. The number of carboxylic acids is 1. The van der Waals surface area contributed by atoms with Crippen molar-refractivity contribution in [3.05, 3.63) is 71.3 Å². The van der Waals surface area contributed by atoms with E-state index in [1.54, 1.807) is 61.5 Å². The summed E-state index contributed by atoms with van der Waals surface area (Å²) in [5.74, 6) is -1.65. The number of rotatable bonds is 7. The predicted octanol–water partition coefficient (Wildman–Crippen LogP) is 2.27. The van der Waals surface area contributed by atoms with Crippen LogP contribution in [0, 0.1) is 0 Å². The quantitative estimate of drug-likeness (QED) is 0.720. The second-order valence-corrected chi connectivity index (χ2v) is 5.48. The van der Waals surface area contributed by atoms with Gasteiger partial charge in [-0.25, -0.2) is 4.79 Å². The maximum absolute atomic E-state index is 12.3. The van der Waals surface area contributed by atoms with E-state index in [9.17, 15) is 19.5 Å². The van der Waals surface area contributed by atoms with Crippen molar-refractivity contribution in [1.29, 1.82) is 0 Å². The molecule has 0 saturated heterocycles. The Kier molecular flexibility index (Phi) is 6.28. The molecule has 0 aliphatic rings. The molecule has 0 spiro atoms. The number of hydrogen-bond donors (Lipinski definition) is 3. The third-order valence-electron chi connectivity index (χ3n) is 3.68. The molecule has 2 rings (SSSR count). The summed E-state index contributed by atoms with van der Waals surface area (Å²) in [7, 11) is 0. The molecule has 2 aromatic carbocycles. The molecule has 0 radical (unpaired) electrons. The molecule has 0 aromatic heterocycles. The van der Waals surface area contributed by atoms with E-state index in [0.29, 0.717) is 24.1 Å². The van der Waals surface area contributed by atoms with Crippen LogP contribution in [0.15, 0.2) is 54.6 Å². The fourth-order valence-electron chi connectivity index (χ4n) is 2.25. The Bertz CT molecular complexity index is 742. The van der Waals surface area contributed by atoms with Gasteiger partial charge in [0.1, 0.15) is 0 Å². The number of carbonyl (C=O) groups excluding carboxylic acids is 2. The van der Waals surface area contributed by atoms with Crippen LogP contribution in [0.1, 0.15) is 40.9 Å². The second-order valence-electron chi connectivity index (χ2n) is 5.48. The first-order valence-electron chi connectivity index (χ1n) is 7.95. The van der Waals surface area contributed by atoms with Crippen molar-refractivity contribution < 1.29 is 19.5 Å². The summed E-state index contributed by atoms with van der Waals surface area (Å²) >= 11 is 0.